The highest BCUT2D eigenvalue weighted by molar-refractivity contribution is 14.1. The van der Waals surface area contributed by atoms with E-state index in [-0.39, 0.29) is 0 Å². The molecule has 0 bridgehead atoms. The molecule has 0 spiro atoms. The van der Waals surface area contributed by atoms with Crippen molar-refractivity contribution < 1.29 is 18.7 Å². The highest BCUT2D eigenvalue weighted by Crippen LogP contribution is 2.10. The summed E-state index contributed by atoms with van der Waals surface area (Å²) in [7, 11) is 1.30. The molecular weight excluding hydrogens is 339 g/mol. The van der Waals surface area contributed by atoms with Crippen LogP contribution >= 0.6 is 22.6 Å². The van der Waals surface area contributed by atoms with Crippen LogP contribution in [0.25, 0.3) is 5.69 Å². The van der Waals surface area contributed by atoms with Gasteiger partial charge in [0.05, 0.1) is 7.11 Å². The number of esters is 1. The minimum absolute atomic E-state index is 0.318. The summed E-state index contributed by atoms with van der Waals surface area (Å²) >= 11 is 1.83. The number of benzene rings is 1. The number of aromatic amines is 1. The molecule has 2 aromatic rings. The third-order valence-electron chi connectivity index (χ3n) is 2.14. The van der Waals surface area contributed by atoms with Crippen LogP contribution in [0.2, 0.25) is 0 Å². The molecule has 6 nitrogen and oxygen atoms in total. The topological polar surface area (TPSA) is 76.2 Å². The van der Waals surface area contributed by atoms with Gasteiger partial charge in [0, 0.05) is 28.7 Å². The van der Waals surface area contributed by atoms with Crippen LogP contribution in [0, 0.1) is 3.70 Å². The molecule has 1 heterocycles. The molecule has 0 saturated carbocycles. The largest absolute Gasteiger partial charge is 0.465 e. The van der Waals surface area contributed by atoms with Gasteiger partial charge in [0.1, 0.15) is 5.56 Å². The highest BCUT2D eigenvalue weighted by atomic mass is 127. The predicted molar refractivity (Wildman–Crippen MR) is 64.9 cm³/mol. The van der Waals surface area contributed by atoms with Crippen molar-refractivity contribution in [2.45, 2.75) is 0 Å². The molecule has 0 fully saturated rings. The normalized spacial score (nSPS) is 10.2. The van der Waals surface area contributed by atoms with Crippen molar-refractivity contribution in [3.63, 3.8) is 0 Å². The maximum Gasteiger partial charge on any atom is 0.441 e. The summed E-state index contributed by atoms with van der Waals surface area (Å²) in [6, 6.07) is 6.74. The average molecular weight is 347 g/mol. The van der Waals surface area contributed by atoms with Gasteiger partial charge in [-0.25, -0.2) is 9.59 Å². The van der Waals surface area contributed by atoms with Crippen molar-refractivity contribution in [2.24, 2.45) is 0 Å². The molecule has 0 atom stereocenters. The Balaban J connectivity index is 2.64. The third kappa shape index (κ3) is 2.09. The summed E-state index contributed by atoms with van der Waals surface area (Å²) in [5.74, 6) is -0.481. The summed E-state index contributed by atoms with van der Waals surface area (Å²) in [5, 5.41) is 2.42. The summed E-state index contributed by atoms with van der Waals surface area (Å²) < 4.78 is 11.0. The van der Waals surface area contributed by atoms with Gasteiger partial charge in [0.15, 0.2) is 0 Å². The molecule has 0 aliphatic carbocycles. The van der Waals surface area contributed by atoms with Crippen molar-refractivity contribution in [1.29, 1.82) is 0 Å². The fraction of sp³-hybridized carbons (Fsp3) is 0.100. The molecule has 1 N–H and O–H groups in total. The van der Waals surface area contributed by atoms with Crippen LogP contribution in [0.5, 0.6) is 0 Å². The van der Waals surface area contributed by atoms with E-state index in [9.17, 15) is 9.59 Å². The van der Waals surface area contributed by atoms with E-state index < -0.39 is 11.6 Å². The molecule has 7 heteroatoms. The molecule has 1 aromatic carbocycles. The highest BCUT2D eigenvalue weighted by Gasteiger charge is 2.26. The zero-order valence-corrected chi connectivity index (χ0v) is 10.9. The Hall–Kier alpha value is -1.64. The summed E-state index contributed by atoms with van der Waals surface area (Å²) in [6.07, 6.45) is 0. The maximum atomic E-state index is 11.6. The number of para-hydroxylation sites is 1. The van der Waals surface area contributed by atoms with Crippen LogP contribution in [0.3, 0.4) is 0 Å². The molecule has 0 aliphatic heterocycles. The second-order valence-electron chi connectivity index (χ2n) is 3.12. The minimum atomic E-state index is -0.495. The van der Waals surface area contributed by atoms with E-state index in [2.05, 4.69) is 14.5 Å². The number of carbonyl (C=O) groups is 1. The molecule has 0 saturated heterocycles. The van der Waals surface area contributed by atoms with Crippen LogP contribution in [0.1, 0.15) is 10.4 Å². The Morgan fingerprint density at radius 3 is 2.76 bits per heavy atom. The van der Waals surface area contributed by atoms with Gasteiger partial charge in [-0.1, -0.05) is 12.1 Å². The van der Waals surface area contributed by atoms with E-state index in [4.69, 9.17) is 0 Å². The summed E-state index contributed by atoms with van der Waals surface area (Å²) in [5.41, 5.74) is 0.342. The molecule has 0 amide bonds. The van der Waals surface area contributed by atoms with Gasteiger partial charge >= 0.3 is 15.3 Å². The molecule has 1 aromatic heterocycles. The fourth-order valence-corrected chi connectivity index (χ4v) is 1.84. The van der Waals surface area contributed by atoms with Crippen molar-refractivity contribution >= 4 is 28.6 Å². The minimum Gasteiger partial charge on any atom is -0.465 e. The van der Waals surface area contributed by atoms with Gasteiger partial charge in [-0.05, 0) is 16.0 Å². The number of carbonyl (C=O) groups excluding carboxylic acids is 1. The second kappa shape index (κ2) is 4.70. The Kier molecular flexibility index (Phi) is 3.27. The SMILES string of the molecule is COC(=O)c1ccccc1-[n+]1[nH]oc(=O)c1I. The Morgan fingerprint density at radius 1 is 1.47 bits per heavy atom. The lowest BCUT2D eigenvalue weighted by atomic mass is 10.2. The predicted octanol–water partition coefficient (Wildman–Crippen LogP) is 0.636. The van der Waals surface area contributed by atoms with Gasteiger partial charge < -0.3 is 4.74 Å². The lowest BCUT2D eigenvalue weighted by Crippen LogP contribution is -2.39. The van der Waals surface area contributed by atoms with Crippen LogP contribution in [0.4, 0.5) is 0 Å². The molecule has 0 unspecified atom stereocenters. The van der Waals surface area contributed by atoms with Gasteiger partial charge in [-0.15, -0.1) is 0 Å². The second-order valence-corrected chi connectivity index (χ2v) is 4.14. The quantitative estimate of drug-likeness (QED) is 0.491. The number of methoxy groups -OCH3 is 1. The number of ether oxygens (including phenoxy) is 1. The van der Waals surface area contributed by atoms with Crippen LogP contribution in [-0.2, 0) is 4.74 Å². The van der Waals surface area contributed by atoms with Gasteiger partial charge in [-0.3, -0.25) is 4.52 Å². The van der Waals surface area contributed by atoms with Crippen molar-refractivity contribution in [1.82, 2.24) is 5.27 Å². The average Bonchev–Trinajstić information content (AvgIpc) is 2.69. The standard InChI is InChI=1S/C10H7IN2O4/c1-16-9(14)6-4-2-3-5-7(6)13-8(11)10(15)17-12-13/h2-5H,1H3/p+1. The molecule has 88 valence electrons. The molecular formula is C10H8IN2O4+. The van der Waals surface area contributed by atoms with E-state index in [1.54, 1.807) is 24.3 Å². The van der Waals surface area contributed by atoms with E-state index in [1.165, 1.54) is 11.8 Å². The van der Waals surface area contributed by atoms with E-state index in [1.807, 2.05) is 22.6 Å². The Bertz CT molecular complexity index is 617. The zero-order chi connectivity index (χ0) is 12.4. The van der Waals surface area contributed by atoms with Gasteiger partial charge in [-0.2, -0.15) is 0 Å². The van der Waals surface area contributed by atoms with Crippen LogP contribution in [0.15, 0.2) is 33.6 Å². The fourth-order valence-electron chi connectivity index (χ4n) is 1.37. The lowest BCUT2D eigenvalue weighted by Gasteiger charge is -1.99. The molecule has 0 aliphatic rings. The van der Waals surface area contributed by atoms with E-state index in [0.717, 1.165) is 0 Å². The molecule has 17 heavy (non-hydrogen) atoms. The van der Waals surface area contributed by atoms with Gasteiger partial charge in [0.25, 0.3) is 5.69 Å². The first-order valence-electron chi connectivity index (χ1n) is 4.62. The smallest absolute Gasteiger partial charge is 0.441 e. The van der Waals surface area contributed by atoms with E-state index >= 15 is 0 Å². The van der Waals surface area contributed by atoms with Crippen molar-refractivity contribution in [3.05, 3.63) is 43.9 Å². The first-order valence-corrected chi connectivity index (χ1v) is 5.69. The number of H-pyrrole nitrogens is 1. The first-order chi connectivity index (χ1) is 8.15. The van der Waals surface area contributed by atoms with Crippen LogP contribution < -0.4 is 10.3 Å². The van der Waals surface area contributed by atoms with Gasteiger partial charge in [0.2, 0.25) is 0 Å². The van der Waals surface area contributed by atoms with E-state index in [0.29, 0.717) is 15.0 Å². The summed E-state index contributed by atoms with van der Waals surface area (Å²) in [6.45, 7) is 0. The summed E-state index contributed by atoms with van der Waals surface area (Å²) in [4.78, 5) is 22.8. The maximum absolute atomic E-state index is 11.6. The number of hydrogen-bond donors (Lipinski definition) is 1. The first kappa shape index (κ1) is 11.8. The number of rotatable bonds is 2. The monoisotopic (exact) mass is 347 g/mol. The Labute approximate surface area is 109 Å². The number of hydrogen-bond acceptors (Lipinski definition) is 4. The zero-order valence-electron chi connectivity index (χ0n) is 8.77. The number of aromatic nitrogens is 2. The number of nitrogens with one attached hydrogen (secondary N) is 1. The number of halogens is 1. The van der Waals surface area contributed by atoms with Crippen molar-refractivity contribution in [3.8, 4) is 5.69 Å². The lowest BCUT2D eigenvalue weighted by molar-refractivity contribution is -0.682. The van der Waals surface area contributed by atoms with Crippen LogP contribution in [-0.4, -0.2) is 18.4 Å². The third-order valence-corrected chi connectivity index (χ3v) is 3.07. The Morgan fingerprint density at radius 2 is 2.18 bits per heavy atom. The molecule has 0 radical (unpaired) electrons. The number of nitrogens with zero attached hydrogens (tertiary/aromatic N) is 1. The van der Waals surface area contributed by atoms with Crippen molar-refractivity contribution in [2.75, 3.05) is 7.11 Å². The molecule has 2 rings (SSSR count).